The number of nitrogens with one attached hydrogen (secondary N) is 2. The number of hydrogen-bond donors (Lipinski definition) is 2. The minimum atomic E-state index is 0.525. The number of aromatic nitrogens is 1. The van der Waals surface area contributed by atoms with Crippen LogP contribution in [0.4, 0.5) is 0 Å². The molecule has 0 aliphatic heterocycles. The van der Waals surface area contributed by atoms with Gasteiger partial charge in [0, 0.05) is 28.7 Å². The number of para-hydroxylation sites is 1. The molecule has 2 nitrogen and oxygen atoms in total. The number of H-pyrrole nitrogens is 1. The quantitative estimate of drug-likeness (QED) is 0.838. The maximum Gasteiger partial charge on any atom is 0.0478 e. The van der Waals surface area contributed by atoms with Crippen molar-refractivity contribution in [1.82, 2.24) is 10.3 Å². The minimum Gasteiger partial charge on any atom is -0.357 e. The van der Waals surface area contributed by atoms with E-state index in [1.54, 1.807) is 5.56 Å². The highest BCUT2D eigenvalue weighted by Crippen LogP contribution is 2.36. The van der Waals surface area contributed by atoms with E-state index in [1.165, 1.54) is 61.5 Å². The Morgan fingerprint density at radius 2 is 1.90 bits per heavy atom. The van der Waals surface area contributed by atoms with Gasteiger partial charge in [-0.3, -0.25) is 0 Å². The molecule has 2 aliphatic rings. The van der Waals surface area contributed by atoms with Crippen LogP contribution >= 0.6 is 0 Å². The molecule has 1 aromatic carbocycles. The van der Waals surface area contributed by atoms with Crippen LogP contribution in [0.3, 0.4) is 0 Å². The van der Waals surface area contributed by atoms with Gasteiger partial charge < -0.3 is 10.3 Å². The molecule has 2 heteroatoms. The van der Waals surface area contributed by atoms with Crippen molar-refractivity contribution in [2.75, 3.05) is 0 Å². The average Bonchev–Trinajstić information content (AvgIpc) is 3.15. The summed E-state index contributed by atoms with van der Waals surface area (Å²) in [6.45, 7) is 2.40. The standard InChI is InChI=1S/C19H26N2/c1-13(14-7-2-3-8-14)20-18-12-6-10-16-15-9-4-5-11-17(15)21-19(16)18/h4-5,9,11,13-14,18,20-21H,2-3,6-8,10,12H2,1H3. The van der Waals surface area contributed by atoms with E-state index in [-0.39, 0.29) is 0 Å². The molecule has 1 aromatic heterocycles. The monoisotopic (exact) mass is 282 g/mol. The molecule has 1 fully saturated rings. The van der Waals surface area contributed by atoms with Crippen molar-refractivity contribution in [3.63, 3.8) is 0 Å². The van der Waals surface area contributed by atoms with Crippen LogP contribution in [0.15, 0.2) is 24.3 Å². The Hall–Kier alpha value is -1.28. The molecule has 2 atom stereocenters. The number of rotatable bonds is 3. The first-order valence-electron chi connectivity index (χ1n) is 8.68. The van der Waals surface area contributed by atoms with Crippen molar-refractivity contribution in [3.8, 4) is 0 Å². The molecule has 2 unspecified atom stereocenters. The molecule has 1 saturated carbocycles. The predicted octanol–water partition coefficient (Wildman–Crippen LogP) is 4.71. The molecule has 21 heavy (non-hydrogen) atoms. The minimum absolute atomic E-state index is 0.525. The summed E-state index contributed by atoms with van der Waals surface area (Å²) in [6.07, 6.45) is 9.51. The summed E-state index contributed by atoms with van der Waals surface area (Å²) in [7, 11) is 0. The van der Waals surface area contributed by atoms with Gasteiger partial charge in [0.2, 0.25) is 0 Å². The van der Waals surface area contributed by atoms with Crippen LogP contribution in [-0.4, -0.2) is 11.0 Å². The fourth-order valence-electron chi connectivity index (χ4n) is 4.49. The largest absolute Gasteiger partial charge is 0.357 e. The summed E-state index contributed by atoms with van der Waals surface area (Å²) in [6, 6.07) is 9.95. The highest BCUT2D eigenvalue weighted by Gasteiger charge is 2.28. The Morgan fingerprint density at radius 3 is 2.76 bits per heavy atom. The number of benzene rings is 1. The van der Waals surface area contributed by atoms with E-state index in [0.717, 1.165) is 5.92 Å². The molecule has 2 aliphatic carbocycles. The van der Waals surface area contributed by atoms with E-state index in [9.17, 15) is 0 Å². The zero-order valence-electron chi connectivity index (χ0n) is 13.0. The van der Waals surface area contributed by atoms with Crippen LogP contribution in [0, 0.1) is 5.92 Å². The van der Waals surface area contributed by atoms with Gasteiger partial charge in [-0.15, -0.1) is 0 Å². The Balaban J connectivity index is 1.60. The maximum atomic E-state index is 3.95. The lowest BCUT2D eigenvalue weighted by atomic mass is 9.90. The van der Waals surface area contributed by atoms with Crippen molar-refractivity contribution in [3.05, 3.63) is 35.5 Å². The summed E-state index contributed by atoms with van der Waals surface area (Å²) >= 11 is 0. The molecule has 0 bridgehead atoms. The van der Waals surface area contributed by atoms with Gasteiger partial charge in [-0.05, 0) is 56.6 Å². The topological polar surface area (TPSA) is 27.8 Å². The maximum absolute atomic E-state index is 3.95. The van der Waals surface area contributed by atoms with Crippen LogP contribution in [0.25, 0.3) is 10.9 Å². The average molecular weight is 282 g/mol. The van der Waals surface area contributed by atoms with E-state index in [1.807, 2.05) is 0 Å². The first-order chi connectivity index (χ1) is 10.3. The van der Waals surface area contributed by atoms with E-state index < -0.39 is 0 Å². The van der Waals surface area contributed by atoms with Gasteiger partial charge >= 0.3 is 0 Å². The van der Waals surface area contributed by atoms with Crippen molar-refractivity contribution >= 4 is 10.9 Å². The molecular formula is C19H26N2. The van der Waals surface area contributed by atoms with Crippen molar-refractivity contribution in [2.45, 2.75) is 64.0 Å². The third-order valence-electron chi connectivity index (χ3n) is 5.69. The van der Waals surface area contributed by atoms with Crippen LogP contribution < -0.4 is 5.32 Å². The summed E-state index contributed by atoms with van der Waals surface area (Å²) in [5.41, 5.74) is 4.34. The third kappa shape index (κ3) is 2.40. The van der Waals surface area contributed by atoms with E-state index in [4.69, 9.17) is 0 Å². The van der Waals surface area contributed by atoms with Gasteiger partial charge in [0.25, 0.3) is 0 Å². The summed E-state index contributed by atoms with van der Waals surface area (Å²) < 4.78 is 0. The summed E-state index contributed by atoms with van der Waals surface area (Å²) in [5.74, 6) is 0.889. The third-order valence-corrected chi connectivity index (χ3v) is 5.69. The normalized spacial score (nSPS) is 24.3. The molecule has 2 aromatic rings. The van der Waals surface area contributed by atoms with Crippen LogP contribution in [0.1, 0.15) is 62.7 Å². The van der Waals surface area contributed by atoms with E-state index >= 15 is 0 Å². The number of aryl methyl sites for hydroxylation is 1. The smallest absolute Gasteiger partial charge is 0.0478 e. The summed E-state index contributed by atoms with van der Waals surface area (Å²) in [5, 5.41) is 5.38. The lowest BCUT2D eigenvalue weighted by Gasteiger charge is -2.30. The number of fused-ring (bicyclic) bond motifs is 3. The lowest BCUT2D eigenvalue weighted by Crippen LogP contribution is -2.37. The van der Waals surface area contributed by atoms with Crippen molar-refractivity contribution in [1.29, 1.82) is 0 Å². The van der Waals surface area contributed by atoms with Gasteiger partial charge in [0.1, 0.15) is 0 Å². The van der Waals surface area contributed by atoms with Gasteiger partial charge in [0.05, 0.1) is 0 Å². The first-order valence-corrected chi connectivity index (χ1v) is 8.68. The zero-order valence-corrected chi connectivity index (χ0v) is 13.0. The molecule has 1 heterocycles. The molecule has 0 amide bonds. The Labute approximate surface area is 127 Å². The van der Waals surface area contributed by atoms with E-state index in [2.05, 4.69) is 41.5 Å². The van der Waals surface area contributed by atoms with Crippen LogP contribution in [-0.2, 0) is 6.42 Å². The van der Waals surface area contributed by atoms with Crippen molar-refractivity contribution < 1.29 is 0 Å². The predicted molar refractivity (Wildman–Crippen MR) is 88.5 cm³/mol. The fraction of sp³-hybridized carbons (Fsp3) is 0.579. The Bertz CT molecular complexity index is 622. The van der Waals surface area contributed by atoms with Gasteiger partial charge in [-0.25, -0.2) is 0 Å². The second-order valence-electron chi connectivity index (χ2n) is 7.01. The van der Waals surface area contributed by atoms with Gasteiger partial charge in [0.15, 0.2) is 0 Å². The molecule has 2 N–H and O–H groups in total. The summed E-state index contributed by atoms with van der Waals surface area (Å²) in [4.78, 5) is 3.70. The second-order valence-corrected chi connectivity index (χ2v) is 7.01. The van der Waals surface area contributed by atoms with Gasteiger partial charge in [-0.1, -0.05) is 31.0 Å². The highest BCUT2D eigenvalue weighted by atomic mass is 15.0. The zero-order chi connectivity index (χ0) is 14.2. The van der Waals surface area contributed by atoms with Crippen LogP contribution in [0.5, 0.6) is 0 Å². The molecular weight excluding hydrogens is 256 g/mol. The fourth-order valence-corrected chi connectivity index (χ4v) is 4.49. The van der Waals surface area contributed by atoms with Crippen LogP contribution in [0.2, 0.25) is 0 Å². The van der Waals surface area contributed by atoms with Crippen molar-refractivity contribution in [2.24, 2.45) is 5.92 Å². The number of hydrogen-bond acceptors (Lipinski definition) is 1. The number of aromatic amines is 1. The Kier molecular flexibility index (Phi) is 3.50. The van der Waals surface area contributed by atoms with E-state index in [0.29, 0.717) is 12.1 Å². The molecule has 4 rings (SSSR count). The second kappa shape index (κ2) is 5.49. The Morgan fingerprint density at radius 1 is 1.10 bits per heavy atom. The molecule has 112 valence electrons. The SMILES string of the molecule is CC(NC1CCCc2c1[nH]c1ccccc21)C1CCCC1. The molecule has 0 spiro atoms. The van der Waals surface area contributed by atoms with Gasteiger partial charge in [-0.2, -0.15) is 0 Å². The first kappa shape index (κ1) is 13.4. The highest BCUT2D eigenvalue weighted by molar-refractivity contribution is 5.85. The lowest BCUT2D eigenvalue weighted by molar-refractivity contribution is 0.322. The molecule has 0 saturated heterocycles. The molecule has 0 radical (unpaired) electrons.